The predicted molar refractivity (Wildman–Crippen MR) is 65.7 cm³/mol. The fourth-order valence-electron chi connectivity index (χ4n) is 2.12. The number of nitrogens with zero attached hydrogens (tertiary/aromatic N) is 1. The maximum atomic E-state index is 12.2. The van der Waals surface area contributed by atoms with Crippen LogP contribution in [0.5, 0.6) is 0 Å². The van der Waals surface area contributed by atoms with Crippen molar-refractivity contribution in [1.29, 1.82) is 0 Å². The minimum absolute atomic E-state index is 0.0693. The van der Waals surface area contributed by atoms with Gasteiger partial charge >= 0.3 is 0 Å². The van der Waals surface area contributed by atoms with Crippen LogP contribution >= 0.6 is 0 Å². The van der Waals surface area contributed by atoms with E-state index in [1.165, 1.54) is 0 Å². The number of nitrogens with two attached hydrogens (primary N) is 1. The van der Waals surface area contributed by atoms with Crippen LogP contribution in [0.1, 0.15) is 22.3 Å². The molecule has 0 bridgehead atoms. The molecule has 4 heteroatoms. The zero-order valence-electron chi connectivity index (χ0n) is 10.1. The summed E-state index contributed by atoms with van der Waals surface area (Å²) in [6, 6.07) is 7.50. The third kappa shape index (κ3) is 2.65. The van der Waals surface area contributed by atoms with Crippen LogP contribution in [0.4, 0.5) is 0 Å². The van der Waals surface area contributed by atoms with Crippen molar-refractivity contribution in [2.45, 2.75) is 19.1 Å². The van der Waals surface area contributed by atoms with Crippen molar-refractivity contribution in [2.24, 2.45) is 5.73 Å². The quantitative estimate of drug-likeness (QED) is 0.849. The molecular weight excluding hydrogens is 216 g/mol. The number of ether oxygens (including phenoxy) is 1. The molecule has 1 aliphatic rings. The number of benzene rings is 1. The molecule has 0 radical (unpaired) electrons. The predicted octanol–water partition coefficient (Wildman–Crippen LogP) is 1.01. The summed E-state index contributed by atoms with van der Waals surface area (Å²) in [5.41, 5.74) is 7.27. The highest BCUT2D eigenvalue weighted by atomic mass is 16.5. The van der Waals surface area contributed by atoms with Crippen LogP contribution in [0, 0.1) is 0 Å². The lowest BCUT2D eigenvalue weighted by Crippen LogP contribution is -2.30. The van der Waals surface area contributed by atoms with Gasteiger partial charge in [0.1, 0.15) is 0 Å². The van der Waals surface area contributed by atoms with Gasteiger partial charge in [0.05, 0.1) is 6.10 Å². The molecule has 0 spiro atoms. The second-order valence-corrected chi connectivity index (χ2v) is 4.30. The standard InChI is InChI=1S/C13H18N2O2/c1-17-12-5-6-15(9-12)13(16)11-4-2-3-10(7-11)8-14/h2-4,7,12H,5-6,8-9,14H2,1H3. The number of carbonyl (C=O) groups is 1. The molecule has 1 aliphatic heterocycles. The number of amides is 1. The van der Waals surface area contributed by atoms with E-state index < -0.39 is 0 Å². The van der Waals surface area contributed by atoms with Gasteiger partial charge in [-0.05, 0) is 24.1 Å². The molecule has 1 saturated heterocycles. The molecule has 1 heterocycles. The van der Waals surface area contributed by atoms with Gasteiger partial charge in [0, 0.05) is 32.3 Å². The highest BCUT2D eigenvalue weighted by Gasteiger charge is 2.26. The SMILES string of the molecule is COC1CCN(C(=O)c2cccc(CN)c2)C1. The average Bonchev–Trinajstić information content (AvgIpc) is 2.86. The number of carbonyl (C=O) groups excluding carboxylic acids is 1. The number of likely N-dealkylation sites (tertiary alicyclic amines) is 1. The Kier molecular flexibility index (Phi) is 3.76. The minimum atomic E-state index is 0.0693. The lowest BCUT2D eigenvalue weighted by molar-refractivity contribution is 0.0724. The number of rotatable bonds is 3. The second kappa shape index (κ2) is 5.29. The average molecular weight is 234 g/mol. The summed E-state index contributed by atoms with van der Waals surface area (Å²) in [6.07, 6.45) is 1.09. The lowest BCUT2D eigenvalue weighted by Gasteiger charge is -2.16. The minimum Gasteiger partial charge on any atom is -0.380 e. The monoisotopic (exact) mass is 234 g/mol. The Bertz CT molecular complexity index is 406. The van der Waals surface area contributed by atoms with Crippen molar-refractivity contribution in [3.05, 3.63) is 35.4 Å². The van der Waals surface area contributed by atoms with Crippen LogP contribution in [0.2, 0.25) is 0 Å². The Hall–Kier alpha value is -1.39. The number of hydrogen-bond acceptors (Lipinski definition) is 3. The summed E-state index contributed by atoms with van der Waals surface area (Å²) in [7, 11) is 1.69. The normalized spacial score (nSPS) is 19.6. The maximum Gasteiger partial charge on any atom is 0.253 e. The van der Waals surface area contributed by atoms with E-state index >= 15 is 0 Å². The molecule has 1 aromatic rings. The van der Waals surface area contributed by atoms with E-state index in [0.717, 1.165) is 18.5 Å². The zero-order chi connectivity index (χ0) is 12.3. The van der Waals surface area contributed by atoms with Gasteiger partial charge in [-0.2, -0.15) is 0 Å². The third-order valence-electron chi connectivity index (χ3n) is 3.18. The van der Waals surface area contributed by atoms with Crippen molar-refractivity contribution >= 4 is 5.91 Å². The molecule has 92 valence electrons. The molecule has 0 aliphatic carbocycles. The molecule has 0 aromatic heterocycles. The lowest BCUT2D eigenvalue weighted by atomic mass is 10.1. The molecule has 0 saturated carbocycles. The van der Waals surface area contributed by atoms with E-state index in [2.05, 4.69) is 0 Å². The number of methoxy groups -OCH3 is 1. The Labute approximate surface area is 101 Å². The van der Waals surface area contributed by atoms with Crippen molar-refractivity contribution in [3.8, 4) is 0 Å². The van der Waals surface area contributed by atoms with Crippen LogP contribution in [0.25, 0.3) is 0 Å². The zero-order valence-corrected chi connectivity index (χ0v) is 10.1. The topological polar surface area (TPSA) is 55.6 Å². The third-order valence-corrected chi connectivity index (χ3v) is 3.18. The van der Waals surface area contributed by atoms with Crippen LogP contribution in [0.15, 0.2) is 24.3 Å². The first-order valence-electron chi connectivity index (χ1n) is 5.85. The van der Waals surface area contributed by atoms with Gasteiger partial charge in [0.2, 0.25) is 0 Å². The van der Waals surface area contributed by atoms with Gasteiger partial charge in [0.15, 0.2) is 0 Å². The van der Waals surface area contributed by atoms with Crippen molar-refractivity contribution < 1.29 is 9.53 Å². The Morgan fingerprint density at radius 1 is 1.59 bits per heavy atom. The summed E-state index contributed by atoms with van der Waals surface area (Å²) in [4.78, 5) is 14.0. The van der Waals surface area contributed by atoms with Crippen LogP contribution in [-0.4, -0.2) is 37.1 Å². The van der Waals surface area contributed by atoms with Crippen LogP contribution in [-0.2, 0) is 11.3 Å². The van der Waals surface area contributed by atoms with E-state index in [4.69, 9.17) is 10.5 Å². The molecule has 1 amide bonds. The number of hydrogen-bond donors (Lipinski definition) is 1. The second-order valence-electron chi connectivity index (χ2n) is 4.30. The van der Waals surface area contributed by atoms with Crippen LogP contribution < -0.4 is 5.73 Å². The van der Waals surface area contributed by atoms with Gasteiger partial charge in [-0.25, -0.2) is 0 Å². The largest absolute Gasteiger partial charge is 0.380 e. The van der Waals surface area contributed by atoms with Gasteiger partial charge in [-0.15, -0.1) is 0 Å². The van der Waals surface area contributed by atoms with Gasteiger partial charge in [-0.3, -0.25) is 4.79 Å². The summed E-state index contributed by atoms with van der Waals surface area (Å²) in [5, 5.41) is 0. The molecule has 1 unspecified atom stereocenters. The van der Waals surface area contributed by atoms with Crippen molar-refractivity contribution in [2.75, 3.05) is 20.2 Å². The Balaban J connectivity index is 2.09. The Morgan fingerprint density at radius 2 is 2.41 bits per heavy atom. The summed E-state index contributed by atoms with van der Waals surface area (Å²) in [6.45, 7) is 1.91. The summed E-state index contributed by atoms with van der Waals surface area (Å²) in [5.74, 6) is 0.0693. The molecule has 17 heavy (non-hydrogen) atoms. The van der Waals surface area contributed by atoms with Crippen LogP contribution in [0.3, 0.4) is 0 Å². The first-order valence-corrected chi connectivity index (χ1v) is 5.85. The molecule has 4 nitrogen and oxygen atoms in total. The van der Waals surface area contributed by atoms with E-state index in [0.29, 0.717) is 18.7 Å². The molecule has 2 N–H and O–H groups in total. The van der Waals surface area contributed by atoms with Crippen molar-refractivity contribution in [3.63, 3.8) is 0 Å². The first kappa shape index (κ1) is 12.1. The van der Waals surface area contributed by atoms with Gasteiger partial charge in [0.25, 0.3) is 5.91 Å². The van der Waals surface area contributed by atoms with E-state index in [9.17, 15) is 4.79 Å². The maximum absolute atomic E-state index is 12.2. The fraction of sp³-hybridized carbons (Fsp3) is 0.462. The highest BCUT2D eigenvalue weighted by Crippen LogP contribution is 2.16. The smallest absolute Gasteiger partial charge is 0.253 e. The van der Waals surface area contributed by atoms with Gasteiger partial charge < -0.3 is 15.4 Å². The summed E-state index contributed by atoms with van der Waals surface area (Å²) < 4.78 is 5.26. The van der Waals surface area contributed by atoms with E-state index in [-0.39, 0.29) is 12.0 Å². The molecular formula is C13H18N2O2. The van der Waals surface area contributed by atoms with E-state index in [1.54, 1.807) is 7.11 Å². The van der Waals surface area contributed by atoms with Crippen molar-refractivity contribution in [1.82, 2.24) is 4.90 Å². The molecule has 1 atom stereocenters. The molecule has 2 rings (SSSR count). The summed E-state index contributed by atoms with van der Waals surface area (Å²) >= 11 is 0. The first-order chi connectivity index (χ1) is 8.24. The fourth-order valence-corrected chi connectivity index (χ4v) is 2.12. The van der Waals surface area contributed by atoms with E-state index in [1.807, 2.05) is 29.2 Å². The van der Waals surface area contributed by atoms with Gasteiger partial charge in [-0.1, -0.05) is 12.1 Å². The Morgan fingerprint density at radius 3 is 3.06 bits per heavy atom. The molecule has 1 fully saturated rings. The highest BCUT2D eigenvalue weighted by molar-refractivity contribution is 5.94. The molecule has 1 aromatic carbocycles.